The molecule has 0 aliphatic heterocycles. The highest BCUT2D eigenvalue weighted by Crippen LogP contribution is 2.19. The summed E-state index contributed by atoms with van der Waals surface area (Å²) in [5, 5.41) is 5.81. The van der Waals surface area contributed by atoms with Gasteiger partial charge in [0.25, 0.3) is 11.8 Å². The van der Waals surface area contributed by atoms with Gasteiger partial charge >= 0.3 is 0 Å². The van der Waals surface area contributed by atoms with E-state index in [2.05, 4.69) is 10.6 Å². The van der Waals surface area contributed by atoms with Crippen molar-refractivity contribution in [2.45, 2.75) is 25.4 Å². The Morgan fingerprint density at radius 2 is 1.75 bits per heavy atom. The molecule has 0 atom stereocenters. The summed E-state index contributed by atoms with van der Waals surface area (Å²) < 4.78 is 5.19. The van der Waals surface area contributed by atoms with Crippen LogP contribution in [-0.4, -0.2) is 25.0 Å². The number of hydrogen-bond acceptors (Lipinski definition) is 3. The van der Waals surface area contributed by atoms with Gasteiger partial charge in [0.2, 0.25) is 0 Å². The fraction of sp³-hybridized carbons (Fsp3) is 0.263. The standard InChI is InChI=1S/C19H20N2O3/c1-24-17-5-3-2-4-16(17)19(23)20-12-13-6-8-14(9-7-13)18(22)21-15-10-11-15/h2-9,15H,10-12H2,1H3,(H,20,23)(H,21,22). The van der Waals surface area contributed by atoms with Crippen molar-refractivity contribution in [3.8, 4) is 5.75 Å². The Balaban J connectivity index is 1.58. The van der Waals surface area contributed by atoms with Crippen LogP contribution in [0, 0.1) is 0 Å². The number of rotatable bonds is 6. The van der Waals surface area contributed by atoms with Crippen molar-refractivity contribution in [1.82, 2.24) is 10.6 Å². The molecule has 0 aromatic heterocycles. The topological polar surface area (TPSA) is 67.4 Å². The van der Waals surface area contributed by atoms with Gasteiger partial charge in [0.15, 0.2) is 0 Å². The minimum Gasteiger partial charge on any atom is -0.496 e. The first kappa shape index (κ1) is 16.1. The molecule has 2 amide bonds. The zero-order chi connectivity index (χ0) is 16.9. The van der Waals surface area contributed by atoms with Gasteiger partial charge in [0.05, 0.1) is 12.7 Å². The van der Waals surface area contributed by atoms with Crippen molar-refractivity contribution in [2.75, 3.05) is 7.11 Å². The maximum absolute atomic E-state index is 12.2. The van der Waals surface area contributed by atoms with Crippen LogP contribution in [0.5, 0.6) is 5.75 Å². The quantitative estimate of drug-likeness (QED) is 0.858. The second kappa shape index (κ2) is 7.17. The number of amides is 2. The lowest BCUT2D eigenvalue weighted by Gasteiger charge is -2.09. The first-order valence-electron chi connectivity index (χ1n) is 7.98. The first-order chi connectivity index (χ1) is 11.7. The van der Waals surface area contributed by atoms with E-state index in [1.54, 1.807) is 30.3 Å². The average Bonchev–Trinajstić information content (AvgIpc) is 3.44. The van der Waals surface area contributed by atoms with Crippen molar-refractivity contribution in [3.05, 3.63) is 65.2 Å². The summed E-state index contributed by atoms with van der Waals surface area (Å²) in [5.74, 6) is 0.312. The summed E-state index contributed by atoms with van der Waals surface area (Å²) in [4.78, 5) is 24.2. The fourth-order valence-electron chi connectivity index (χ4n) is 2.38. The van der Waals surface area contributed by atoms with Crippen LogP contribution >= 0.6 is 0 Å². The first-order valence-corrected chi connectivity index (χ1v) is 7.98. The Bertz CT molecular complexity index is 737. The van der Waals surface area contributed by atoms with E-state index in [0.29, 0.717) is 29.5 Å². The maximum Gasteiger partial charge on any atom is 0.255 e. The number of carbonyl (C=O) groups is 2. The number of benzene rings is 2. The van der Waals surface area contributed by atoms with Crippen LogP contribution in [0.1, 0.15) is 39.1 Å². The van der Waals surface area contributed by atoms with Gasteiger partial charge in [0, 0.05) is 18.2 Å². The number of ether oxygens (including phenoxy) is 1. The Morgan fingerprint density at radius 1 is 1.04 bits per heavy atom. The summed E-state index contributed by atoms with van der Waals surface area (Å²) in [6.07, 6.45) is 2.14. The number of nitrogens with one attached hydrogen (secondary N) is 2. The molecule has 0 radical (unpaired) electrons. The third-order valence-corrected chi connectivity index (χ3v) is 3.93. The molecule has 5 heteroatoms. The van der Waals surface area contributed by atoms with Crippen LogP contribution < -0.4 is 15.4 Å². The molecular formula is C19H20N2O3. The summed E-state index contributed by atoms with van der Waals surface area (Å²) in [6, 6.07) is 14.7. The molecule has 124 valence electrons. The van der Waals surface area contributed by atoms with Crippen molar-refractivity contribution in [2.24, 2.45) is 0 Å². The van der Waals surface area contributed by atoms with E-state index in [4.69, 9.17) is 4.74 Å². The van der Waals surface area contributed by atoms with Crippen LogP contribution in [0.25, 0.3) is 0 Å². The molecule has 2 N–H and O–H groups in total. The van der Waals surface area contributed by atoms with Crippen molar-refractivity contribution in [3.63, 3.8) is 0 Å². The van der Waals surface area contributed by atoms with Crippen LogP contribution in [-0.2, 0) is 6.54 Å². The lowest BCUT2D eigenvalue weighted by Crippen LogP contribution is -2.25. The largest absolute Gasteiger partial charge is 0.496 e. The molecule has 1 aliphatic carbocycles. The van der Waals surface area contributed by atoms with E-state index < -0.39 is 0 Å². The normalized spacial score (nSPS) is 13.2. The lowest BCUT2D eigenvalue weighted by atomic mass is 10.1. The van der Waals surface area contributed by atoms with E-state index >= 15 is 0 Å². The van der Waals surface area contributed by atoms with Crippen molar-refractivity contribution >= 4 is 11.8 Å². The second-order valence-electron chi connectivity index (χ2n) is 5.83. The lowest BCUT2D eigenvalue weighted by molar-refractivity contribution is 0.0940. The monoisotopic (exact) mass is 324 g/mol. The SMILES string of the molecule is COc1ccccc1C(=O)NCc1ccc(C(=O)NC2CC2)cc1. The molecule has 0 saturated heterocycles. The maximum atomic E-state index is 12.2. The van der Waals surface area contributed by atoms with Gasteiger partial charge in [-0.15, -0.1) is 0 Å². The predicted octanol–water partition coefficient (Wildman–Crippen LogP) is 2.52. The van der Waals surface area contributed by atoms with E-state index in [1.165, 1.54) is 7.11 Å². The highest BCUT2D eigenvalue weighted by Gasteiger charge is 2.23. The van der Waals surface area contributed by atoms with Gasteiger partial charge in [-0.1, -0.05) is 24.3 Å². The molecular weight excluding hydrogens is 304 g/mol. The molecule has 0 spiro atoms. The molecule has 0 bridgehead atoms. The van der Waals surface area contributed by atoms with E-state index in [9.17, 15) is 9.59 Å². The van der Waals surface area contributed by atoms with Crippen LogP contribution in [0.3, 0.4) is 0 Å². The third kappa shape index (κ3) is 3.93. The van der Waals surface area contributed by atoms with Gasteiger partial charge in [-0.2, -0.15) is 0 Å². The summed E-state index contributed by atoms with van der Waals surface area (Å²) in [7, 11) is 1.54. The molecule has 1 saturated carbocycles. The van der Waals surface area contributed by atoms with E-state index in [1.807, 2.05) is 18.2 Å². The minimum atomic E-state index is -0.192. The Morgan fingerprint density at radius 3 is 2.42 bits per heavy atom. The molecule has 24 heavy (non-hydrogen) atoms. The van der Waals surface area contributed by atoms with Gasteiger partial charge in [-0.25, -0.2) is 0 Å². The second-order valence-corrected chi connectivity index (χ2v) is 5.83. The summed E-state index contributed by atoms with van der Waals surface area (Å²) in [5.41, 5.74) is 2.07. The highest BCUT2D eigenvalue weighted by atomic mass is 16.5. The summed E-state index contributed by atoms with van der Waals surface area (Å²) >= 11 is 0. The molecule has 5 nitrogen and oxygen atoms in total. The smallest absolute Gasteiger partial charge is 0.255 e. The molecule has 2 aromatic carbocycles. The Kier molecular flexibility index (Phi) is 4.79. The zero-order valence-corrected chi connectivity index (χ0v) is 13.5. The number of carbonyl (C=O) groups excluding carboxylic acids is 2. The van der Waals surface area contributed by atoms with Gasteiger partial charge < -0.3 is 15.4 Å². The van der Waals surface area contributed by atoms with E-state index in [-0.39, 0.29) is 11.8 Å². The molecule has 3 rings (SSSR count). The molecule has 1 fully saturated rings. The van der Waals surface area contributed by atoms with Crippen LogP contribution in [0.15, 0.2) is 48.5 Å². The van der Waals surface area contributed by atoms with E-state index in [0.717, 1.165) is 18.4 Å². The molecule has 1 aliphatic rings. The Labute approximate surface area is 141 Å². The van der Waals surface area contributed by atoms with Crippen molar-refractivity contribution < 1.29 is 14.3 Å². The number of methoxy groups -OCH3 is 1. The van der Waals surface area contributed by atoms with Gasteiger partial charge in [-0.3, -0.25) is 9.59 Å². The average molecular weight is 324 g/mol. The minimum absolute atomic E-state index is 0.0397. The van der Waals surface area contributed by atoms with Crippen LogP contribution in [0.2, 0.25) is 0 Å². The van der Waals surface area contributed by atoms with Crippen LogP contribution in [0.4, 0.5) is 0 Å². The molecule has 2 aromatic rings. The number of para-hydroxylation sites is 1. The zero-order valence-electron chi connectivity index (χ0n) is 13.5. The third-order valence-electron chi connectivity index (χ3n) is 3.93. The predicted molar refractivity (Wildman–Crippen MR) is 91.1 cm³/mol. The van der Waals surface area contributed by atoms with Crippen molar-refractivity contribution in [1.29, 1.82) is 0 Å². The molecule has 0 heterocycles. The van der Waals surface area contributed by atoms with Gasteiger partial charge in [0.1, 0.15) is 5.75 Å². The summed E-state index contributed by atoms with van der Waals surface area (Å²) in [6.45, 7) is 0.390. The van der Waals surface area contributed by atoms with Gasteiger partial charge in [-0.05, 0) is 42.7 Å². The molecule has 0 unspecified atom stereocenters. The Hall–Kier alpha value is -2.82. The highest BCUT2D eigenvalue weighted by molar-refractivity contribution is 5.97. The number of hydrogen-bond donors (Lipinski definition) is 2. The fourth-order valence-corrected chi connectivity index (χ4v) is 2.38.